The molecule has 25 heavy (non-hydrogen) atoms. The second-order valence-electron chi connectivity index (χ2n) is 6.50. The van der Waals surface area contributed by atoms with Crippen LogP contribution >= 0.6 is 11.8 Å². The molecule has 0 unspecified atom stereocenters. The molecule has 1 aromatic heterocycles. The minimum Gasteiger partial charge on any atom is -0.459 e. The Morgan fingerprint density at radius 3 is 2.72 bits per heavy atom. The van der Waals surface area contributed by atoms with Crippen LogP contribution in [0.1, 0.15) is 35.4 Å². The number of amides is 1. The first-order chi connectivity index (χ1) is 12.3. The maximum absolute atomic E-state index is 12.8. The van der Waals surface area contributed by atoms with Gasteiger partial charge < -0.3 is 14.6 Å². The summed E-state index contributed by atoms with van der Waals surface area (Å²) in [6.45, 7) is 2.72. The zero-order valence-electron chi connectivity index (χ0n) is 14.7. The lowest BCUT2D eigenvalue weighted by Gasteiger charge is -2.31. The van der Waals surface area contributed by atoms with Crippen LogP contribution in [0.25, 0.3) is 0 Å². The van der Waals surface area contributed by atoms with Gasteiger partial charge in [-0.3, -0.25) is 4.79 Å². The fourth-order valence-corrected chi connectivity index (χ4v) is 4.13. The summed E-state index contributed by atoms with van der Waals surface area (Å²) >= 11 is 1.73. The van der Waals surface area contributed by atoms with Gasteiger partial charge in [0.2, 0.25) is 0 Å². The molecule has 0 radical (unpaired) electrons. The molecule has 2 heterocycles. The van der Waals surface area contributed by atoms with Gasteiger partial charge in [-0.25, -0.2) is 0 Å². The topological polar surface area (TPSA) is 45.5 Å². The first-order valence-corrected chi connectivity index (χ1v) is 9.94. The molecule has 1 saturated heterocycles. The Balaban J connectivity index is 1.56. The number of piperidine rings is 1. The normalized spacial score (nSPS) is 15.5. The second-order valence-corrected chi connectivity index (χ2v) is 7.55. The third-order valence-electron chi connectivity index (χ3n) is 4.78. The highest BCUT2D eigenvalue weighted by Crippen LogP contribution is 2.27. The van der Waals surface area contributed by atoms with Crippen LogP contribution in [0.2, 0.25) is 0 Å². The van der Waals surface area contributed by atoms with Gasteiger partial charge in [0.25, 0.3) is 5.91 Å². The number of rotatable bonds is 7. The molecule has 1 aliphatic rings. The molecular weight excluding hydrogens is 332 g/mol. The monoisotopic (exact) mass is 358 g/mol. The summed E-state index contributed by atoms with van der Waals surface area (Å²) in [7, 11) is 1.99. The molecule has 1 amide bonds. The Morgan fingerprint density at radius 1 is 1.24 bits per heavy atom. The standard InChI is InChI=1S/C20H26N2O2S/c1-21-11-7-16-8-12-22(13-9-16)20(23)19-17(10-14-24-19)15-25-18-5-3-2-4-6-18/h2-6,10,14,16,21H,7-9,11-13,15H2,1H3. The molecule has 1 aliphatic heterocycles. The lowest BCUT2D eigenvalue weighted by atomic mass is 9.93. The molecule has 1 N–H and O–H groups in total. The zero-order valence-corrected chi connectivity index (χ0v) is 15.6. The fraction of sp³-hybridized carbons (Fsp3) is 0.450. The van der Waals surface area contributed by atoms with Gasteiger partial charge in [-0.1, -0.05) is 18.2 Å². The molecule has 134 valence electrons. The maximum Gasteiger partial charge on any atom is 0.289 e. The Kier molecular flexibility index (Phi) is 6.59. The summed E-state index contributed by atoms with van der Waals surface area (Å²) < 4.78 is 5.55. The van der Waals surface area contributed by atoms with Gasteiger partial charge in [0, 0.05) is 29.3 Å². The second kappa shape index (κ2) is 9.11. The molecule has 5 heteroatoms. The van der Waals surface area contributed by atoms with Gasteiger partial charge in [-0.15, -0.1) is 11.8 Å². The minimum absolute atomic E-state index is 0.0423. The summed E-state index contributed by atoms with van der Waals surface area (Å²) in [4.78, 5) is 16.0. The quantitative estimate of drug-likeness (QED) is 0.759. The summed E-state index contributed by atoms with van der Waals surface area (Å²) in [6, 6.07) is 12.2. The molecule has 2 aromatic rings. The fourth-order valence-electron chi connectivity index (χ4n) is 3.23. The van der Waals surface area contributed by atoms with Gasteiger partial charge in [0.15, 0.2) is 5.76 Å². The van der Waals surface area contributed by atoms with Crippen molar-refractivity contribution >= 4 is 17.7 Å². The van der Waals surface area contributed by atoms with Crippen LogP contribution < -0.4 is 5.32 Å². The Hall–Kier alpha value is -1.72. The number of benzene rings is 1. The van der Waals surface area contributed by atoms with Crippen molar-refractivity contribution in [2.45, 2.75) is 29.9 Å². The number of likely N-dealkylation sites (tertiary alicyclic amines) is 1. The molecule has 0 atom stereocenters. The third-order valence-corrected chi connectivity index (χ3v) is 5.84. The molecular formula is C20H26N2O2S. The van der Waals surface area contributed by atoms with Crippen LogP contribution in [0, 0.1) is 5.92 Å². The number of carbonyl (C=O) groups excluding carboxylic acids is 1. The maximum atomic E-state index is 12.8. The first-order valence-electron chi connectivity index (χ1n) is 8.96. The van der Waals surface area contributed by atoms with E-state index in [0.717, 1.165) is 49.7 Å². The highest BCUT2D eigenvalue weighted by molar-refractivity contribution is 7.98. The van der Waals surface area contributed by atoms with Crippen molar-refractivity contribution in [2.75, 3.05) is 26.7 Å². The molecule has 0 saturated carbocycles. The number of hydrogen-bond donors (Lipinski definition) is 1. The van der Waals surface area contributed by atoms with Gasteiger partial charge in [-0.2, -0.15) is 0 Å². The van der Waals surface area contributed by atoms with Crippen molar-refractivity contribution in [1.29, 1.82) is 0 Å². The largest absolute Gasteiger partial charge is 0.459 e. The number of furan rings is 1. The van der Waals surface area contributed by atoms with E-state index in [1.165, 1.54) is 11.3 Å². The SMILES string of the molecule is CNCCC1CCN(C(=O)c2occc2CSc2ccccc2)CC1. The molecule has 1 fully saturated rings. The summed E-state index contributed by atoms with van der Waals surface area (Å²) in [5.41, 5.74) is 0.983. The van der Waals surface area contributed by atoms with Gasteiger partial charge >= 0.3 is 0 Å². The van der Waals surface area contributed by atoms with Crippen molar-refractivity contribution in [3.63, 3.8) is 0 Å². The van der Waals surface area contributed by atoms with Gasteiger partial charge in [0.1, 0.15) is 0 Å². The highest BCUT2D eigenvalue weighted by atomic mass is 32.2. The van der Waals surface area contributed by atoms with Crippen molar-refractivity contribution in [3.05, 3.63) is 54.0 Å². The number of carbonyl (C=O) groups is 1. The zero-order chi connectivity index (χ0) is 17.5. The van der Waals surface area contributed by atoms with E-state index in [-0.39, 0.29) is 5.91 Å². The lowest BCUT2D eigenvalue weighted by Crippen LogP contribution is -2.39. The smallest absolute Gasteiger partial charge is 0.289 e. The highest BCUT2D eigenvalue weighted by Gasteiger charge is 2.26. The number of nitrogens with one attached hydrogen (secondary N) is 1. The van der Waals surface area contributed by atoms with Crippen LogP contribution in [0.4, 0.5) is 0 Å². The summed E-state index contributed by atoms with van der Waals surface area (Å²) in [5.74, 6) is 2.03. The predicted molar refractivity (Wildman–Crippen MR) is 102 cm³/mol. The van der Waals surface area contributed by atoms with E-state index in [2.05, 4.69) is 17.4 Å². The molecule has 3 rings (SSSR count). The van der Waals surface area contributed by atoms with Crippen LogP contribution in [-0.4, -0.2) is 37.5 Å². The number of hydrogen-bond acceptors (Lipinski definition) is 4. The van der Waals surface area contributed by atoms with Crippen molar-refractivity contribution in [1.82, 2.24) is 10.2 Å². The van der Waals surface area contributed by atoms with E-state index in [1.807, 2.05) is 36.2 Å². The first kappa shape index (κ1) is 18.1. The van der Waals surface area contributed by atoms with Crippen LogP contribution in [0.3, 0.4) is 0 Å². The van der Waals surface area contributed by atoms with E-state index in [0.29, 0.717) is 5.76 Å². The van der Waals surface area contributed by atoms with E-state index >= 15 is 0 Å². The van der Waals surface area contributed by atoms with Crippen molar-refractivity contribution < 1.29 is 9.21 Å². The van der Waals surface area contributed by atoms with E-state index in [4.69, 9.17) is 4.42 Å². The third kappa shape index (κ3) is 4.89. The average Bonchev–Trinajstić information content (AvgIpc) is 3.14. The Morgan fingerprint density at radius 2 is 2.00 bits per heavy atom. The van der Waals surface area contributed by atoms with E-state index < -0.39 is 0 Å². The molecule has 0 bridgehead atoms. The summed E-state index contributed by atoms with van der Waals surface area (Å²) in [6.07, 6.45) is 5.00. The predicted octanol–water partition coefficient (Wildman–Crippen LogP) is 4.03. The van der Waals surface area contributed by atoms with E-state index in [9.17, 15) is 4.79 Å². The van der Waals surface area contributed by atoms with Crippen LogP contribution in [0.5, 0.6) is 0 Å². The number of nitrogens with zero attached hydrogens (tertiary/aromatic N) is 1. The molecule has 1 aromatic carbocycles. The van der Waals surface area contributed by atoms with Crippen LogP contribution in [-0.2, 0) is 5.75 Å². The number of thioether (sulfide) groups is 1. The van der Waals surface area contributed by atoms with Gasteiger partial charge in [0.05, 0.1) is 6.26 Å². The molecule has 4 nitrogen and oxygen atoms in total. The van der Waals surface area contributed by atoms with Crippen molar-refractivity contribution in [3.8, 4) is 0 Å². The Bertz CT molecular complexity index is 663. The van der Waals surface area contributed by atoms with E-state index in [1.54, 1.807) is 18.0 Å². The molecule has 0 spiro atoms. The van der Waals surface area contributed by atoms with Crippen LogP contribution in [0.15, 0.2) is 52.0 Å². The summed E-state index contributed by atoms with van der Waals surface area (Å²) in [5, 5.41) is 3.21. The Labute approximate surface area is 154 Å². The molecule has 0 aliphatic carbocycles. The van der Waals surface area contributed by atoms with Crippen molar-refractivity contribution in [2.24, 2.45) is 5.92 Å². The van der Waals surface area contributed by atoms with Gasteiger partial charge in [-0.05, 0) is 57.0 Å². The average molecular weight is 359 g/mol. The lowest BCUT2D eigenvalue weighted by molar-refractivity contribution is 0.0654. The minimum atomic E-state index is 0.0423.